The third kappa shape index (κ3) is 4.75. The van der Waals surface area contributed by atoms with Crippen LogP contribution in [0.15, 0.2) is 59.5 Å². The fourth-order valence-corrected chi connectivity index (χ4v) is 4.86. The monoisotopic (exact) mass is 484 g/mol. The van der Waals surface area contributed by atoms with Gasteiger partial charge in [-0.25, -0.2) is 4.39 Å². The Kier molecular flexibility index (Phi) is 6.08. The number of hydrogen-bond acceptors (Lipinski definition) is 5. The van der Waals surface area contributed by atoms with Gasteiger partial charge in [0.2, 0.25) is 0 Å². The number of carbonyl (C=O) groups is 1. The third-order valence-corrected chi connectivity index (χ3v) is 6.94. The van der Waals surface area contributed by atoms with Crippen LogP contribution in [0.25, 0.3) is 11.1 Å². The van der Waals surface area contributed by atoms with Crippen LogP contribution < -0.4 is 9.46 Å². The van der Waals surface area contributed by atoms with Gasteiger partial charge in [-0.2, -0.15) is 0 Å². The van der Waals surface area contributed by atoms with E-state index in [1.165, 1.54) is 12.1 Å². The van der Waals surface area contributed by atoms with Crippen LogP contribution in [0.4, 0.5) is 10.1 Å². The van der Waals surface area contributed by atoms with Gasteiger partial charge in [0.25, 0.3) is 5.91 Å². The molecule has 170 valence electrons. The Bertz CT molecular complexity index is 1220. The molecule has 3 aromatic carbocycles. The van der Waals surface area contributed by atoms with E-state index >= 15 is 0 Å². The molecule has 8 heteroatoms. The fraction of sp³-hybridized carbons (Fsp3) is 0.240. The van der Waals surface area contributed by atoms with Gasteiger partial charge in [0.05, 0.1) is 16.5 Å². The molecule has 0 spiro atoms. The van der Waals surface area contributed by atoms with Crippen LogP contribution in [-0.4, -0.2) is 35.6 Å². The number of benzene rings is 3. The maximum absolute atomic E-state index is 14.8. The van der Waals surface area contributed by atoms with E-state index in [1.54, 1.807) is 29.2 Å². The first-order valence-corrected chi connectivity index (χ1v) is 12.0. The van der Waals surface area contributed by atoms with Crippen LogP contribution in [-0.2, 0) is 0 Å². The van der Waals surface area contributed by atoms with Crippen molar-refractivity contribution < 1.29 is 19.0 Å². The Hall–Kier alpha value is -2.90. The van der Waals surface area contributed by atoms with Gasteiger partial charge >= 0.3 is 0 Å². The molecule has 1 heterocycles. The highest BCUT2D eigenvalue weighted by atomic mass is 35.5. The van der Waals surface area contributed by atoms with Crippen LogP contribution in [0.3, 0.4) is 0 Å². The van der Waals surface area contributed by atoms with Crippen molar-refractivity contribution in [1.82, 2.24) is 4.90 Å². The predicted molar refractivity (Wildman–Crippen MR) is 129 cm³/mol. The zero-order chi connectivity index (χ0) is 22.9. The highest BCUT2D eigenvalue weighted by Gasteiger charge is 2.28. The van der Waals surface area contributed by atoms with Gasteiger partial charge in [-0.15, -0.1) is 0 Å². The summed E-state index contributed by atoms with van der Waals surface area (Å²) in [7, 11) is 0. The molecular weight excluding hydrogens is 463 g/mol. The Labute approximate surface area is 200 Å². The number of para-hydroxylation sites is 1. The van der Waals surface area contributed by atoms with E-state index < -0.39 is 0 Å². The first kappa shape index (κ1) is 21.9. The van der Waals surface area contributed by atoms with E-state index in [4.69, 9.17) is 16.3 Å². The summed E-state index contributed by atoms with van der Waals surface area (Å²) < 4.78 is 23.9. The second-order valence-electron chi connectivity index (χ2n) is 8.24. The fourth-order valence-electron chi connectivity index (χ4n) is 3.84. The Morgan fingerprint density at radius 3 is 2.79 bits per heavy atom. The standard InChI is InChI=1S/C25H22ClFN2O3S/c26-20-11-16-12-23(24(20)30)33-28-17-7-8-21(27)19(13-17)18-3-1-2-4-22(18)32-10-9-29(25(16)31)14-15-5-6-15/h1-4,7-8,11-13,15,28,30H,5-6,9-10,14H2. The van der Waals surface area contributed by atoms with Crippen LogP contribution in [0.5, 0.6) is 11.5 Å². The highest BCUT2D eigenvalue weighted by Crippen LogP contribution is 2.39. The number of phenolic OH excluding ortho intramolecular Hbond substituents is 1. The lowest BCUT2D eigenvalue weighted by Gasteiger charge is -2.24. The van der Waals surface area contributed by atoms with E-state index in [9.17, 15) is 14.3 Å². The number of ether oxygens (including phenoxy) is 1. The minimum absolute atomic E-state index is 0.101. The molecule has 0 atom stereocenters. The summed E-state index contributed by atoms with van der Waals surface area (Å²) >= 11 is 7.36. The lowest BCUT2D eigenvalue weighted by Crippen LogP contribution is -2.36. The number of phenols is 1. The summed E-state index contributed by atoms with van der Waals surface area (Å²) in [5.74, 6) is 0.395. The van der Waals surface area contributed by atoms with Crippen molar-refractivity contribution in [2.75, 3.05) is 24.4 Å². The van der Waals surface area contributed by atoms with Gasteiger partial charge in [-0.1, -0.05) is 29.8 Å². The lowest BCUT2D eigenvalue weighted by atomic mass is 10.0. The second-order valence-corrected chi connectivity index (χ2v) is 9.50. The number of rotatable bonds is 2. The number of nitrogens with one attached hydrogen (secondary N) is 1. The average Bonchev–Trinajstić information content (AvgIpc) is 3.64. The van der Waals surface area contributed by atoms with Crippen molar-refractivity contribution in [3.63, 3.8) is 0 Å². The van der Waals surface area contributed by atoms with Crippen molar-refractivity contribution in [3.8, 4) is 22.6 Å². The van der Waals surface area contributed by atoms with E-state index in [2.05, 4.69) is 4.72 Å². The van der Waals surface area contributed by atoms with Gasteiger partial charge in [0.1, 0.15) is 23.9 Å². The summed E-state index contributed by atoms with van der Waals surface area (Å²) in [5, 5.41) is 10.6. The van der Waals surface area contributed by atoms with Crippen molar-refractivity contribution in [1.29, 1.82) is 0 Å². The van der Waals surface area contributed by atoms with Crippen molar-refractivity contribution in [2.45, 2.75) is 17.7 Å². The number of hydrogen-bond donors (Lipinski definition) is 2. The average molecular weight is 485 g/mol. The third-order valence-electron chi connectivity index (χ3n) is 5.78. The number of halogens is 2. The van der Waals surface area contributed by atoms with Gasteiger partial charge in [-0.05, 0) is 67.1 Å². The van der Waals surface area contributed by atoms with Gasteiger partial charge in [0, 0.05) is 28.9 Å². The van der Waals surface area contributed by atoms with E-state index in [-0.39, 0.29) is 29.1 Å². The zero-order valence-electron chi connectivity index (χ0n) is 17.7. The van der Waals surface area contributed by atoms with Crippen molar-refractivity contribution >= 4 is 35.1 Å². The maximum atomic E-state index is 14.8. The minimum atomic E-state index is -0.371. The van der Waals surface area contributed by atoms with Gasteiger partial charge in [-0.3, -0.25) is 4.79 Å². The molecule has 5 nitrogen and oxygen atoms in total. The first-order chi connectivity index (χ1) is 16.0. The minimum Gasteiger partial charge on any atom is -0.505 e. The van der Waals surface area contributed by atoms with E-state index in [0.717, 1.165) is 24.8 Å². The van der Waals surface area contributed by atoms with Crippen LogP contribution >= 0.6 is 23.5 Å². The van der Waals surface area contributed by atoms with Crippen LogP contribution in [0, 0.1) is 11.7 Å². The Balaban J connectivity index is 1.57. The highest BCUT2D eigenvalue weighted by molar-refractivity contribution is 8.00. The SMILES string of the molecule is O=C1c2cc(Cl)c(O)c(c2)SNc2ccc(F)c(c2)-c2ccccc2OCCN1CC1CC1. The maximum Gasteiger partial charge on any atom is 0.254 e. The normalized spacial score (nSPS) is 16.2. The van der Waals surface area contributed by atoms with Crippen LogP contribution in [0.1, 0.15) is 23.2 Å². The summed E-state index contributed by atoms with van der Waals surface area (Å²) in [6.45, 7) is 1.28. The van der Waals surface area contributed by atoms with E-state index in [0.29, 0.717) is 52.0 Å². The molecule has 1 amide bonds. The lowest BCUT2D eigenvalue weighted by molar-refractivity contribution is 0.0721. The molecule has 2 N–H and O–H groups in total. The number of anilines is 1. The van der Waals surface area contributed by atoms with Gasteiger partial charge < -0.3 is 19.5 Å². The van der Waals surface area contributed by atoms with Crippen molar-refractivity contribution in [3.05, 3.63) is 71.0 Å². The summed E-state index contributed by atoms with van der Waals surface area (Å²) in [6, 6.07) is 15.1. The second kappa shape index (κ2) is 9.15. The molecule has 0 aromatic heterocycles. The molecule has 0 radical (unpaired) electrons. The summed E-state index contributed by atoms with van der Waals surface area (Å²) in [5.41, 5.74) is 2.06. The molecular formula is C25H22ClFN2O3S. The molecule has 5 rings (SSSR count). The van der Waals surface area contributed by atoms with E-state index in [1.807, 2.05) is 18.2 Å². The molecule has 4 bridgehead atoms. The number of amides is 1. The molecule has 1 aliphatic heterocycles. The largest absolute Gasteiger partial charge is 0.505 e. The zero-order valence-corrected chi connectivity index (χ0v) is 19.3. The van der Waals surface area contributed by atoms with Gasteiger partial charge in [0.15, 0.2) is 0 Å². The molecule has 0 unspecified atom stereocenters. The van der Waals surface area contributed by atoms with Crippen molar-refractivity contribution in [2.24, 2.45) is 5.92 Å². The molecule has 1 fully saturated rings. The number of fused-ring (bicyclic) bond motifs is 6. The Morgan fingerprint density at radius 1 is 1.15 bits per heavy atom. The smallest absolute Gasteiger partial charge is 0.254 e. The van der Waals surface area contributed by atoms with Crippen LogP contribution in [0.2, 0.25) is 5.02 Å². The predicted octanol–water partition coefficient (Wildman–Crippen LogP) is 6.22. The molecule has 1 aliphatic carbocycles. The number of carbonyl (C=O) groups excluding carboxylic acids is 1. The number of nitrogens with zero attached hydrogens (tertiary/aromatic N) is 1. The molecule has 3 aromatic rings. The summed E-state index contributed by atoms with van der Waals surface area (Å²) in [6.07, 6.45) is 2.20. The number of aromatic hydroxyl groups is 1. The molecule has 1 saturated carbocycles. The first-order valence-electron chi connectivity index (χ1n) is 10.8. The molecule has 2 aliphatic rings. The quantitative estimate of drug-likeness (QED) is 0.423. The summed E-state index contributed by atoms with van der Waals surface area (Å²) in [4.78, 5) is 15.5. The Morgan fingerprint density at radius 2 is 1.97 bits per heavy atom. The molecule has 33 heavy (non-hydrogen) atoms. The molecule has 0 saturated heterocycles. The topological polar surface area (TPSA) is 61.8 Å².